The highest BCUT2D eigenvalue weighted by Crippen LogP contribution is 2.14. The number of methoxy groups -OCH3 is 1. The third-order valence-corrected chi connectivity index (χ3v) is 3.18. The number of rotatable bonds is 6. The van der Waals surface area contributed by atoms with Crippen LogP contribution in [-0.2, 0) is 22.5 Å². The quantitative estimate of drug-likeness (QED) is 0.774. The van der Waals surface area contributed by atoms with Gasteiger partial charge in [0.15, 0.2) is 0 Å². The van der Waals surface area contributed by atoms with Gasteiger partial charge in [0.2, 0.25) is 0 Å². The SMILES string of the molecule is CCNC(Cn1nc(C)c(CC)c1C)C(=O)OC. The Morgan fingerprint density at radius 3 is 2.56 bits per heavy atom. The molecule has 1 unspecified atom stereocenters. The van der Waals surface area contributed by atoms with Crippen LogP contribution in [0.25, 0.3) is 0 Å². The smallest absolute Gasteiger partial charge is 0.324 e. The fourth-order valence-electron chi connectivity index (χ4n) is 2.21. The summed E-state index contributed by atoms with van der Waals surface area (Å²) in [6, 6.07) is -0.345. The van der Waals surface area contributed by atoms with Crippen LogP contribution in [0.1, 0.15) is 30.8 Å². The molecule has 0 fully saturated rings. The van der Waals surface area contributed by atoms with Crippen molar-refractivity contribution in [3.05, 3.63) is 17.0 Å². The Morgan fingerprint density at radius 1 is 1.44 bits per heavy atom. The van der Waals surface area contributed by atoms with Gasteiger partial charge in [-0.15, -0.1) is 0 Å². The Labute approximate surface area is 109 Å². The summed E-state index contributed by atoms with van der Waals surface area (Å²) >= 11 is 0. The molecule has 0 saturated carbocycles. The predicted octanol–water partition coefficient (Wildman–Crippen LogP) is 1.21. The number of ether oxygens (including phenoxy) is 1. The van der Waals surface area contributed by atoms with E-state index in [0.29, 0.717) is 6.54 Å². The first kappa shape index (κ1) is 14.7. The Kier molecular flexibility index (Phi) is 5.34. The van der Waals surface area contributed by atoms with Gasteiger partial charge in [-0.3, -0.25) is 9.48 Å². The van der Waals surface area contributed by atoms with Crippen LogP contribution in [0, 0.1) is 13.8 Å². The van der Waals surface area contributed by atoms with E-state index in [-0.39, 0.29) is 12.0 Å². The molecule has 0 radical (unpaired) electrons. The Morgan fingerprint density at radius 2 is 2.11 bits per heavy atom. The average Bonchev–Trinajstić information content (AvgIpc) is 2.62. The summed E-state index contributed by atoms with van der Waals surface area (Å²) in [5.74, 6) is -0.248. The van der Waals surface area contributed by atoms with Crippen molar-refractivity contribution < 1.29 is 9.53 Å². The fourth-order valence-corrected chi connectivity index (χ4v) is 2.21. The van der Waals surface area contributed by atoms with E-state index in [0.717, 1.165) is 24.4 Å². The number of carbonyl (C=O) groups excluding carboxylic acids is 1. The molecule has 0 spiro atoms. The van der Waals surface area contributed by atoms with E-state index in [1.165, 1.54) is 12.7 Å². The van der Waals surface area contributed by atoms with Crippen molar-refractivity contribution in [3.63, 3.8) is 0 Å². The highest BCUT2D eigenvalue weighted by Gasteiger charge is 2.21. The van der Waals surface area contributed by atoms with Crippen LogP contribution in [0.3, 0.4) is 0 Å². The number of hydrogen-bond donors (Lipinski definition) is 1. The maximum Gasteiger partial charge on any atom is 0.324 e. The molecule has 0 amide bonds. The first-order chi connectivity index (χ1) is 8.54. The Balaban J connectivity index is 2.90. The first-order valence-electron chi connectivity index (χ1n) is 6.39. The number of aryl methyl sites for hydroxylation is 1. The van der Waals surface area contributed by atoms with Crippen LogP contribution >= 0.6 is 0 Å². The summed E-state index contributed by atoms with van der Waals surface area (Å²) < 4.78 is 6.69. The molecule has 18 heavy (non-hydrogen) atoms. The first-order valence-corrected chi connectivity index (χ1v) is 6.39. The van der Waals surface area contributed by atoms with Gasteiger partial charge in [-0.1, -0.05) is 13.8 Å². The molecule has 0 aliphatic heterocycles. The lowest BCUT2D eigenvalue weighted by atomic mass is 10.1. The number of carbonyl (C=O) groups is 1. The van der Waals surface area contributed by atoms with Crippen LogP contribution in [0.4, 0.5) is 0 Å². The van der Waals surface area contributed by atoms with Crippen molar-refractivity contribution in [2.24, 2.45) is 0 Å². The summed E-state index contributed by atoms with van der Waals surface area (Å²) in [6.45, 7) is 9.35. The molecular formula is C13H23N3O2. The summed E-state index contributed by atoms with van der Waals surface area (Å²) in [4.78, 5) is 11.7. The van der Waals surface area contributed by atoms with Crippen molar-refractivity contribution in [1.82, 2.24) is 15.1 Å². The molecule has 0 aromatic carbocycles. The number of esters is 1. The third kappa shape index (κ3) is 3.10. The summed E-state index contributed by atoms with van der Waals surface area (Å²) in [5.41, 5.74) is 3.42. The minimum Gasteiger partial charge on any atom is -0.468 e. The molecule has 1 aromatic heterocycles. The van der Waals surface area contributed by atoms with Crippen LogP contribution in [0.5, 0.6) is 0 Å². The molecule has 0 saturated heterocycles. The molecule has 1 atom stereocenters. The van der Waals surface area contributed by atoms with Gasteiger partial charge >= 0.3 is 5.97 Å². The molecule has 102 valence electrons. The van der Waals surface area contributed by atoms with E-state index >= 15 is 0 Å². The number of nitrogens with one attached hydrogen (secondary N) is 1. The van der Waals surface area contributed by atoms with Crippen LogP contribution in [0.15, 0.2) is 0 Å². The van der Waals surface area contributed by atoms with E-state index in [2.05, 4.69) is 17.3 Å². The van der Waals surface area contributed by atoms with Crippen molar-refractivity contribution in [2.75, 3.05) is 13.7 Å². The second-order valence-corrected chi connectivity index (χ2v) is 4.32. The van der Waals surface area contributed by atoms with Crippen LogP contribution in [-0.4, -0.2) is 35.4 Å². The molecule has 5 nitrogen and oxygen atoms in total. The van der Waals surface area contributed by atoms with E-state index in [9.17, 15) is 4.79 Å². The lowest BCUT2D eigenvalue weighted by Crippen LogP contribution is -2.41. The number of hydrogen-bond acceptors (Lipinski definition) is 4. The third-order valence-electron chi connectivity index (χ3n) is 3.18. The van der Waals surface area contributed by atoms with Crippen molar-refractivity contribution in [2.45, 2.75) is 46.7 Å². The van der Waals surface area contributed by atoms with Crippen molar-refractivity contribution in [1.29, 1.82) is 0 Å². The van der Waals surface area contributed by atoms with Gasteiger partial charge in [0.25, 0.3) is 0 Å². The van der Waals surface area contributed by atoms with Gasteiger partial charge in [-0.05, 0) is 32.4 Å². The topological polar surface area (TPSA) is 56.2 Å². The van der Waals surface area contributed by atoms with Gasteiger partial charge in [0, 0.05) is 5.69 Å². The second kappa shape index (κ2) is 6.54. The van der Waals surface area contributed by atoms with E-state index < -0.39 is 0 Å². The van der Waals surface area contributed by atoms with Gasteiger partial charge in [0.05, 0.1) is 19.3 Å². The molecule has 1 rings (SSSR count). The molecular weight excluding hydrogens is 230 g/mol. The van der Waals surface area contributed by atoms with E-state index in [4.69, 9.17) is 4.74 Å². The minimum absolute atomic E-state index is 0.248. The molecule has 1 N–H and O–H groups in total. The zero-order valence-electron chi connectivity index (χ0n) is 11.9. The number of nitrogens with zero attached hydrogens (tertiary/aromatic N) is 2. The monoisotopic (exact) mass is 253 g/mol. The van der Waals surface area contributed by atoms with Gasteiger partial charge in [-0.25, -0.2) is 0 Å². The second-order valence-electron chi connectivity index (χ2n) is 4.32. The van der Waals surface area contributed by atoms with Gasteiger partial charge < -0.3 is 10.1 Å². The Bertz CT molecular complexity index is 413. The van der Waals surface area contributed by atoms with E-state index in [1.807, 2.05) is 25.5 Å². The zero-order chi connectivity index (χ0) is 13.7. The maximum atomic E-state index is 11.7. The Hall–Kier alpha value is -1.36. The summed E-state index contributed by atoms with van der Waals surface area (Å²) in [6.07, 6.45) is 0.960. The summed E-state index contributed by atoms with van der Waals surface area (Å²) in [7, 11) is 1.41. The largest absolute Gasteiger partial charge is 0.468 e. The molecule has 1 heterocycles. The minimum atomic E-state index is -0.345. The highest BCUT2D eigenvalue weighted by molar-refractivity contribution is 5.75. The normalized spacial score (nSPS) is 12.5. The number of aromatic nitrogens is 2. The number of likely N-dealkylation sites (N-methyl/N-ethyl adjacent to an activating group) is 1. The zero-order valence-corrected chi connectivity index (χ0v) is 11.9. The molecule has 1 aromatic rings. The van der Waals surface area contributed by atoms with Gasteiger partial charge in [-0.2, -0.15) is 5.10 Å². The van der Waals surface area contributed by atoms with Crippen molar-refractivity contribution >= 4 is 5.97 Å². The fraction of sp³-hybridized carbons (Fsp3) is 0.692. The molecule has 0 aliphatic rings. The van der Waals surface area contributed by atoms with Crippen molar-refractivity contribution in [3.8, 4) is 0 Å². The highest BCUT2D eigenvalue weighted by atomic mass is 16.5. The lowest BCUT2D eigenvalue weighted by molar-refractivity contribution is -0.143. The van der Waals surface area contributed by atoms with E-state index in [1.54, 1.807) is 0 Å². The predicted molar refractivity (Wildman–Crippen MR) is 70.6 cm³/mol. The van der Waals surface area contributed by atoms with Crippen LogP contribution < -0.4 is 5.32 Å². The lowest BCUT2D eigenvalue weighted by Gasteiger charge is -2.16. The standard InChI is InChI=1S/C13H23N3O2/c1-6-11-9(3)15-16(10(11)4)8-12(14-7-2)13(17)18-5/h12,14H,6-8H2,1-5H3. The molecule has 0 bridgehead atoms. The maximum absolute atomic E-state index is 11.7. The molecule has 5 heteroatoms. The molecule has 0 aliphatic carbocycles. The summed E-state index contributed by atoms with van der Waals surface area (Å²) in [5, 5.41) is 7.61. The average molecular weight is 253 g/mol. The van der Waals surface area contributed by atoms with Crippen LogP contribution in [0.2, 0.25) is 0 Å². The van der Waals surface area contributed by atoms with Gasteiger partial charge in [0.1, 0.15) is 6.04 Å².